The van der Waals surface area contributed by atoms with Crippen molar-refractivity contribution >= 4 is 17.5 Å². The Balaban J connectivity index is 2.70. The fourth-order valence-electron chi connectivity index (χ4n) is 1.35. The summed E-state index contributed by atoms with van der Waals surface area (Å²) in [5.74, 6) is 0.517. The Bertz CT molecular complexity index is 404. The van der Waals surface area contributed by atoms with Crippen LogP contribution in [0.3, 0.4) is 0 Å². The van der Waals surface area contributed by atoms with Crippen molar-refractivity contribution < 1.29 is 9.53 Å². The first kappa shape index (κ1) is 13.8. The minimum absolute atomic E-state index is 0.106. The van der Waals surface area contributed by atoms with Crippen LogP contribution in [0.4, 0.5) is 0 Å². The van der Waals surface area contributed by atoms with Gasteiger partial charge >= 0.3 is 0 Å². The SMILES string of the molecule is Cc1ccc(Cl)cc1OC(C)C(=O)NC(C)C. The summed E-state index contributed by atoms with van der Waals surface area (Å²) in [5.41, 5.74) is 0.957. The Morgan fingerprint density at radius 2 is 2.00 bits per heavy atom. The van der Waals surface area contributed by atoms with Gasteiger partial charge in [0.05, 0.1) is 0 Å². The molecule has 0 heterocycles. The van der Waals surface area contributed by atoms with Crippen molar-refractivity contribution in [1.29, 1.82) is 0 Å². The highest BCUT2D eigenvalue weighted by Crippen LogP contribution is 2.23. The monoisotopic (exact) mass is 255 g/mol. The molecule has 0 fully saturated rings. The number of benzene rings is 1. The zero-order chi connectivity index (χ0) is 13.0. The molecule has 1 unspecified atom stereocenters. The molecule has 0 spiro atoms. The molecule has 0 saturated heterocycles. The van der Waals surface area contributed by atoms with Crippen molar-refractivity contribution in [2.75, 3.05) is 0 Å². The first-order valence-corrected chi connectivity index (χ1v) is 6.01. The predicted octanol–water partition coefficient (Wildman–Crippen LogP) is 2.94. The molecule has 1 aromatic carbocycles. The van der Waals surface area contributed by atoms with Crippen molar-refractivity contribution in [2.45, 2.75) is 39.8 Å². The quantitative estimate of drug-likeness (QED) is 0.898. The zero-order valence-electron chi connectivity index (χ0n) is 10.6. The van der Waals surface area contributed by atoms with Crippen molar-refractivity contribution in [3.63, 3.8) is 0 Å². The maximum atomic E-state index is 11.7. The molecule has 17 heavy (non-hydrogen) atoms. The van der Waals surface area contributed by atoms with Gasteiger partial charge in [-0.1, -0.05) is 17.7 Å². The third-order valence-corrected chi connectivity index (χ3v) is 2.49. The summed E-state index contributed by atoms with van der Waals surface area (Å²) in [7, 11) is 0. The van der Waals surface area contributed by atoms with Gasteiger partial charge in [-0.2, -0.15) is 0 Å². The molecule has 0 bridgehead atoms. The maximum absolute atomic E-state index is 11.7. The van der Waals surface area contributed by atoms with E-state index in [0.717, 1.165) is 5.56 Å². The van der Waals surface area contributed by atoms with Crippen LogP contribution in [0.2, 0.25) is 5.02 Å². The Labute approximate surface area is 107 Å². The summed E-state index contributed by atoms with van der Waals surface area (Å²) in [6.45, 7) is 7.46. The van der Waals surface area contributed by atoms with Gasteiger partial charge in [0.1, 0.15) is 5.75 Å². The number of hydrogen-bond acceptors (Lipinski definition) is 2. The fourth-order valence-corrected chi connectivity index (χ4v) is 1.51. The molecule has 1 N–H and O–H groups in total. The molecule has 0 aliphatic heterocycles. The van der Waals surface area contributed by atoms with Gasteiger partial charge in [-0.25, -0.2) is 0 Å². The van der Waals surface area contributed by atoms with Crippen LogP contribution in [0.25, 0.3) is 0 Å². The molecule has 0 aromatic heterocycles. The standard InChI is InChI=1S/C13H18ClNO2/c1-8(2)15-13(16)10(4)17-12-7-11(14)6-5-9(12)3/h5-8,10H,1-4H3,(H,15,16). The van der Waals surface area contributed by atoms with Crippen LogP contribution in [-0.2, 0) is 4.79 Å². The second kappa shape index (κ2) is 5.92. The third-order valence-electron chi connectivity index (χ3n) is 2.25. The van der Waals surface area contributed by atoms with Gasteiger partial charge in [-0.15, -0.1) is 0 Å². The zero-order valence-corrected chi connectivity index (χ0v) is 11.3. The molecule has 0 saturated carbocycles. The lowest BCUT2D eigenvalue weighted by atomic mass is 10.2. The molecule has 3 nitrogen and oxygen atoms in total. The second-order valence-corrected chi connectivity index (χ2v) is 4.77. The summed E-state index contributed by atoms with van der Waals surface area (Å²) in [4.78, 5) is 11.7. The van der Waals surface area contributed by atoms with Crippen molar-refractivity contribution in [3.8, 4) is 5.75 Å². The molecule has 4 heteroatoms. The Morgan fingerprint density at radius 3 is 2.59 bits per heavy atom. The molecule has 1 amide bonds. The van der Waals surface area contributed by atoms with Crippen molar-refractivity contribution in [2.24, 2.45) is 0 Å². The van der Waals surface area contributed by atoms with Crippen molar-refractivity contribution in [3.05, 3.63) is 28.8 Å². The largest absolute Gasteiger partial charge is 0.481 e. The molecular weight excluding hydrogens is 238 g/mol. The molecular formula is C13H18ClNO2. The first-order chi connectivity index (χ1) is 7.90. The molecule has 0 aliphatic rings. The number of halogens is 1. The van der Waals surface area contributed by atoms with Crippen LogP contribution in [0, 0.1) is 6.92 Å². The van der Waals surface area contributed by atoms with Crippen LogP contribution in [0.5, 0.6) is 5.75 Å². The minimum atomic E-state index is -0.533. The van der Waals surface area contributed by atoms with Crippen LogP contribution in [0.1, 0.15) is 26.3 Å². The molecule has 0 aliphatic carbocycles. The maximum Gasteiger partial charge on any atom is 0.260 e. The van der Waals surface area contributed by atoms with Crippen LogP contribution in [-0.4, -0.2) is 18.1 Å². The van der Waals surface area contributed by atoms with Crippen LogP contribution < -0.4 is 10.1 Å². The predicted molar refractivity (Wildman–Crippen MR) is 69.6 cm³/mol. The number of nitrogens with one attached hydrogen (secondary N) is 1. The van der Waals surface area contributed by atoms with E-state index in [1.807, 2.05) is 26.8 Å². The van der Waals surface area contributed by atoms with E-state index in [0.29, 0.717) is 10.8 Å². The van der Waals surface area contributed by atoms with Gasteiger partial charge in [0.2, 0.25) is 0 Å². The number of rotatable bonds is 4. The van der Waals surface area contributed by atoms with E-state index in [-0.39, 0.29) is 11.9 Å². The number of carbonyl (C=O) groups excluding carboxylic acids is 1. The fraction of sp³-hybridized carbons (Fsp3) is 0.462. The highest BCUT2D eigenvalue weighted by atomic mass is 35.5. The Kier molecular flexibility index (Phi) is 4.82. The first-order valence-electron chi connectivity index (χ1n) is 5.63. The van der Waals surface area contributed by atoms with E-state index in [2.05, 4.69) is 5.32 Å². The van der Waals surface area contributed by atoms with Crippen LogP contribution in [0.15, 0.2) is 18.2 Å². The highest BCUT2D eigenvalue weighted by Gasteiger charge is 2.16. The highest BCUT2D eigenvalue weighted by molar-refractivity contribution is 6.30. The molecule has 1 atom stereocenters. The van der Waals surface area contributed by atoms with E-state index in [1.54, 1.807) is 19.1 Å². The van der Waals surface area contributed by atoms with E-state index < -0.39 is 6.10 Å². The van der Waals surface area contributed by atoms with Gasteiger partial charge in [0.15, 0.2) is 6.10 Å². The van der Waals surface area contributed by atoms with E-state index >= 15 is 0 Å². The summed E-state index contributed by atoms with van der Waals surface area (Å²) in [6.07, 6.45) is -0.533. The van der Waals surface area contributed by atoms with E-state index in [4.69, 9.17) is 16.3 Å². The Morgan fingerprint density at radius 1 is 1.35 bits per heavy atom. The topological polar surface area (TPSA) is 38.3 Å². The minimum Gasteiger partial charge on any atom is -0.481 e. The normalized spacial score (nSPS) is 12.4. The number of ether oxygens (including phenoxy) is 1. The lowest BCUT2D eigenvalue weighted by Crippen LogP contribution is -2.40. The van der Waals surface area contributed by atoms with Gasteiger partial charge in [0, 0.05) is 11.1 Å². The molecule has 1 aromatic rings. The average Bonchev–Trinajstić information content (AvgIpc) is 2.22. The Hall–Kier alpha value is -1.22. The van der Waals surface area contributed by atoms with Gasteiger partial charge in [0.25, 0.3) is 5.91 Å². The van der Waals surface area contributed by atoms with Gasteiger partial charge in [-0.05, 0) is 45.4 Å². The lowest BCUT2D eigenvalue weighted by molar-refractivity contribution is -0.127. The van der Waals surface area contributed by atoms with Crippen molar-refractivity contribution in [1.82, 2.24) is 5.32 Å². The van der Waals surface area contributed by atoms with Gasteiger partial charge in [-0.3, -0.25) is 4.79 Å². The summed E-state index contributed by atoms with van der Waals surface area (Å²) in [5, 5.41) is 3.40. The molecule has 94 valence electrons. The smallest absolute Gasteiger partial charge is 0.260 e. The van der Waals surface area contributed by atoms with Gasteiger partial charge < -0.3 is 10.1 Å². The molecule has 1 rings (SSSR count). The number of carbonyl (C=O) groups is 1. The van der Waals surface area contributed by atoms with E-state index in [9.17, 15) is 4.79 Å². The number of amides is 1. The summed E-state index contributed by atoms with van der Waals surface area (Å²) in [6, 6.07) is 5.48. The third kappa shape index (κ3) is 4.27. The number of aryl methyl sites for hydroxylation is 1. The molecule has 0 radical (unpaired) electrons. The summed E-state index contributed by atoms with van der Waals surface area (Å²) < 4.78 is 5.59. The summed E-state index contributed by atoms with van der Waals surface area (Å²) >= 11 is 5.88. The number of hydrogen-bond donors (Lipinski definition) is 1. The average molecular weight is 256 g/mol. The van der Waals surface area contributed by atoms with E-state index in [1.165, 1.54) is 0 Å². The lowest BCUT2D eigenvalue weighted by Gasteiger charge is -2.17. The van der Waals surface area contributed by atoms with Crippen LogP contribution >= 0.6 is 11.6 Å². The second-order valence-electron chi connectivity index (χ2n) is 4.33.